The lowest BCUT2D eigenvalue weighted by atomic mass is 10.1. The second-order valence-electron chi connectivity index (χ2n) is 8.10. The minimum absolute atomic E-state index is 0.0172. The summed E-state index contributed by atoms with van der Waals surface area (Å²) in [5.74, 6) is -2.19. The number of morpholine rings is 1. The molecule has 11 heteroatoms. The number of ether oxygens (including phenoxy) is 1. The maximum atomic E-state index is 13.3. The van der Waals surface area contributed by atoms with Gasteiger partial charge in [-0.1, -0.05) is 12.1 Å². The molecule has 3 heterocycles. The van der Waals surface area contributed by atoms with Crippen LogP contribution < -0.4 is 10.9 Å². The summed E-state index contributed by atoms with van der Waals surface area (Å²) in [5.41, 5.74) is 0.221. The van der Waals surface area contributed by atoms with Gasteiger partial charge in [-0.3, -0.25) is 23.9 Å². The Balaban J connectivity index is 1.80. The molecule has 0 bridgehead atoms. The molecule has 35 heavy (non-hydrogen) atoms. The molecule has 0 atom stereocenters. The standard InChI is InChI=1S/C24H25FN4O6/c25-17-3-1-15(2-4-17)11-16-12-18-21(27-13-16)22(32)20(23(33)26-5-8-30)24(34)29(18)14-19(31)28-6-9-35-10-7-28/h1-4,12-13,30,32H,5-11,14H2,(H,26,33). The third kappa shape index (κ3) is 5.31. The van der Waals surface area contributed by atoms with Gasteiger partial charge in [0.15, 0.2) is 5.75 Å². The number of aromatic nitrogens is 2. The number of aliphatic hydroxyl groups is 1. The zero-order chi connectivity index (χ0) is 24.9. The molecule has 1 saturated heterocycles. The lowest BCUT2D eigenvalue weighted by Gasteiger charge is -2.27. The van der Waals surface area contributed by atoms with Crippen molar-refractivity contribution < 1.29 is 28.9 Å². The number of nitrogens with one attached hydrogen (secondary N) is 1. The van der Waals surface area contributed by atoms with Crippen molar-refractivity contribution in [2.24, 2.45) is 0 Å². The van der Waals surface area contributed by atoms with E-state index in [0.29, 0.717) is 38.3 Å². The van der Waals surface area contributed by atoms with Crippen molar-refractivity contribution in [3.8, 4) is 5.75 Å². The molecule has 1 aliphatic rings. The summed E-state index contributed by atoms with van der Waals surface area (Å²) in [4.78, 5) is 44.8. The first-order chi connectivity index (χ1) is 16.9. The molecule has 0 radical (unpaired) electrons. The van der Waals surface area contributed by atoms with E-state index in [1.165, 1.54) is 18.3 Å². The lowest BCUT2D eigenvalue weighted by Crippen LogP contribution is -2.44. The number of amides is 2. The van der Waals surface area contributed by atoms with Gasteiger partial charge in [0.05, 0.1) is 25.3 Å². The van der Waals surface area contributed by atoms with Gasteiger partial charge in [-0.2, -0.15) is 0 Å². The van der Waals surface area contributed by atoms with Crippen LogP contribution in [0.25, 0.3) is 11.0 Å². The SMILES string of the molecule is O=C(NCCO)c1c(O)c2ncc(Cc3ccc(F)cc3)cc2n(CC(=O)N2CCOCC2)c1=O. The molecule has 3 aromatic rings. The summed E-state index contributed by atoms with van der Waals surface area (Å²) >= 11 is 0. The van der Waals surface area contributed by atoms with Crippen LogP contribution in [0.3, 0.4) is 0 Å². The van der Waals surface area contributed by atoms with Crippen LogP contribution in [-0.2, 0) is 22.5 Å². The highest BCUT2D eigenvalue weighted by Crippen LogP contribution is 2.26. The topological polar surface area (TPSA) is 134 Å². The number of hydrogen-bond acceptors (Lipinski definition) is 7. The van der Waals surface area contributed by atoms with E-state index in [1.54, 1.807) is 23.1 Å². The summed E-state index contributed by atoms with van der Waals surface area (Å²) in [6, 6.07) is 7.55. The average Bonchev–Trinajstić information content (AvgIpc) is 2.87. The molecule has 184 valence electrons. The number of carbonyl (C=O) groups is 2. The summed E-state index contributed by atoms with van der Waals surface area (Å²) in [6.07, 6.45) is 1.85. The zero-order valence-corrected chi connectivity index (χ0v) is 18.9. The Labute approximate surface area is 199 Å². The number of rotatable bonds is 7. The van der Waals surface area contributed by atoms with Crippen LogP contribution in [0.4, 0.5) is 4.39 Å². The second-order valence-corrected chi connectivity index (χ2v) is 8.10. The summed E-state index contributed by atoms with van der Waals surface area (Å²) < 4.78 is 19.7. The van der Waals surface area contributed by atoms with E-state index in [1.807, 2.05) is 0 Å². The third-order valence-corrected chi connectivity index (χ3v) is 5.74. The number of carbonyl (C=O) groups excluding carboxylic acids is 2. The lowest BCUT2D eigenvalue weighted by molar-refractivity contribution is -0.135. The highest BCUT2D eigenvalue weighted by atomic mass is 19.1. The highest BCUT2D eigenvalue weighted by molar-refractivity contribution is 6.01. The molecule has 1 fully saturated rings. The molecular formula is C24H25FN4O6. The van der Waals surface area contributed by atoms with Crippen molar-refractivity contribution >= 4 is 22.8 Å². The molecule has 0 spiro atoms. The van der Waals surface area contributed by atoms with E-state index in [2.05, 4.69) is 10.3 Å². The molecule has 2 amide bonds. The molecule has 0 aliphatic carbocycles. The molecule has 0 unspecified atom stereocenters. The quantitative estimate of drug-likeness (QED) is 0.442. The predicted octanol–water partition coefficient (Wildman–Crippen LogP) is 0.413. The summed E-state index contributed by atoms with van der Waals surface area (Å²) in [7, 11) is 0. The Hall–Kier alpha value is -3.83. The summed E-state index contributed by atoms with van der Waals surface area (Å²) in [6.45, 7) is 0.687. The van der Waals surface area contributed by atoms with Gasteiger partial charge in [0.2, 0.25) is 5.91 Å². The third-order valence-electron chi connectivity index (χ3n) is 5.74. The van der Waals surface area contributed by atoms with Gasteiger partial charge < -0.3 is 25.2 Å². The Kier molecular flexibility index (Phi) is 7.37. The monoisotopic (exact) mass is 484 g/mol. The molecule has 1 aliphatic heterocycles. The fourth-order valence-electron chi connectivity index (χ4n) is 3.95. The first-order valence-corrected chi connectivity index (χ1v) is 11.1. The number of aliphatic hydroxyl groups excluding tert-OH is 1. The largest absolute Gasteiger partial charge is 0.505 e. The van der Waals surface area contributed by atoms with Crippen LogP contribution >= 0.6 is 0 Å². The van der Waals surface area contributed by atoms with Gasteiger partial charge in [-0.15, -0.1) is 0 Å². The van der Waals surface area contributed by atoms with E-state index >= 15 is 0 Å². The Morgan fingerprint density at radius 1 is 1.14 bits per heavy atom. The van der Waals surface area contributed by atoms with Crippen LogP contribution in [0.5, 0.6) is 5.75 Å². The zero-order valence-electron chi connectivity index (χ0n) is 18.9. The van der Waals surface area contributed by atoms with E-state index in [0.717, 1.165) is 10.1 Å². The second kappa shape index (κ2) is 10.6. The van der Waals surface area contributed by atoms with Gasteiger partial charge >= 0.3 is 0 Å². The van der Waals surface area contributed by atoms with E-state index < -0.39 is 22.8 Å². The smallest absolute Gasteiger partial charge is 0.268 e. The van der Waals surface area contributed by atoms with Crippen molar-refractivity contribution in [3.63, 3.8) is 0 Å². The first-order valence-electron chi connectivity index (χ1n) is 11.1. The number of pyridine rings is 2. The minimum atomic E-state index is -0.881. The maximum absolute atomic E-state index is 13.3. The maximum Gasteiger partial charge on any atom is 0.268 e. The van der Waals surface area contributed by atoms with Crippen LogP contribution in [-0.4, -0.2) is 75.9 Å². The Bertz CT molecular complexity index is 1300. The normalized spacial score (nSPS) is 13.7. The number of nitrogens with zero attached hydrogens (tertiary/aromatic N) is 3. The van der Waals surface area contributed by atoms with E-state index in [4.69, 9.17) is 9.84 Å². The Morgan fingerprint density at radius 2 is 1.86 bits per heavy atom. The van der Waals surface area contributed by atoms with Crippen molar-refractivity contribution in [2.45, 2.75) is 13.0 Å². The molecular weight excluding hydrogens is 459 g/mol. The number of aromatic hydroxyl groups is 1. The van der Waals surface area contributed by atoms with Crippen molar-refractivity contribution in [1.29, 1.82) is 0 Å². The predicted molar refractivity (Wildman–Crippen MR) is 124 cm³/mol. The molecule has 10 nitrogen and oxygen atoms in total. The van der Waals surface area contributed by atoms with Gasteiger partial charge in [0.25, 0.3) is 11.5 Å². The number of halogens is 1. The fraction of sp³-hybridized carbons (Fsp3) is 0.333. The molecule has 0 saturated carbocycles. The molecule has 3 N–H and O–H groups in total. The van der Waals surface area contributed by atoms with Gasteiger partial charge in [0.1, 0.15) is 23.4 Å². The summed E-state index contributed by atoms with van der Waals surface area (Å²) in [5, 5.41) is 22.1. The van der Waals surface area contributed by atoms with Crippen LogP contribution in [0.1, 0.15) is 21.5 Å². The molecule has 4 rings (SSSR count). The van der Waals surface area contributed by atoms with Gasteiger partial charge in [-0.25, -0.2) is 4.39 Å². The van der Waals surface area contributed by atoms with E-state index in [9.17, 15) is 23.9 Å². The van der Waals surface area contributed by atoms with Crippen LogP contribution in [0.15, 0.2) is 41.3 Å². The first kappa shape index (κ1) is 24.3. The van der Waals surface area contributed by atoms with Gasteiger partial charge in [0, 0.05) is 25.8 Å². The van der Waals surface area contributed by atoms with Gasteiger partial charge in [-0.05, 0) is 35.7 Å². The number of hydrogen-bond donors (Lipinski definition) is 3. The van der Waals surface area contributed by atoms with E-state index in [-0.39, 0.29) is 42.5 Å². The molecule has 1 aromatic carbocycles. The van der Waals surface area contributed by atoms with Crippen LogP contribution in [0, 0.1) is 5.82 Å². The average molecular weight is 484 g/mol. The molecule has 2 aromatic heterocycles. The highest BCUT2D eigenvalue weighted by Gasteiger charge is 2.26. The Morgan fingerprint density at radius 3 is 2.54 bits per heavy atom. The minimum Gasteiger partial charge on any atom is -0.505 e. The van der Waals surface area contributed by atoms with Crippen LogP contribution in [0.2, 0.25) is 0 Å². The van der Waals surface area contributed by atoms with Crippen molar-refractivity contribution in [3.05, 3.63) is 69.4 Å². The number of benzene rings is 1. The van der Waals surface area contributed by atoms with Crippen molar-refractivity contribution in [2.75, 3.05) is 39.5 Å². The fourth-order valence-corrected chi connectivity index (χ4v) is 3.95. The van der Waals surface area contributed by atoms with Crippen molar-refractivity contribution in [1.82, 2.24) is 19.8 Å². The number of fused-ring (bicyclic) bond motifs is 1.